The van der Waals surface area contributed by atoms with Crippen LogP contribution in [0.5, 0.6) is 0 Å². The minimum absolute atomic E-state index is 0.0308. The van der Waals surface area contributed by atoms with Gasteiger partial charge in [-0.15, -0.1) is 10.2 Å². The fraction of sp³-hybridized carbons (Fsp3) is 0.143. The number of hydrogen-bond acceptors (Lipinski definition) is 6. The Labute approximate surface area is 174 Å². The maximum absolute atomic E-state index is 13.4. The lowest BCUT2D eigenvalue weighted by molar-refractivity contribution is 0.0970. The van der Waals surface area contributed by atoms with Gasteiger partial charge in [0.25, 0.3) is 5.91 Å². The maximum Gasteiger partial charge on any atom is 0.297 e. The molecule has 5 rings (SSSR count). The summed E-state index contributed by atoms with van der Waals surface area (Å²) in [6, 6.07) is 11.9. The Balaban J connectivity index is 1.83. The molecule has 3 heterocycles. The van der Waals surface area contributed by atoms with Gasteiger partial charge in [0.05, 0.1) is 17.0 Å². The van der Waals surface area contributed by atoms with Crippen LogP contribution < -0.4 is 10.3 Å². The summed E-state index contributed by atoms with van der Waals surface area (Å²) in [7, 11) is 0. The standard InChI is InChI=1S/C21H14ClN3O3S/c1-10-3-5-12(6-4-10)17-16-18(26)14-9-13(22)7-8-15(14)28-19(16)20(27)25(17)21-24-23-11(2)29-21/h3-9,17H,1-2H3/t17-/m1/s1. The van der Waals surface area contributed by atoms with Crippen molar-refractivity contribution < 1.29 is 9.21 Å². The molecule has 0 aliphatic carbocycles. The molecule has 0 spiro atoms. The quantitative estimate of drug-likeness (QED) is 0.468. The van der Waals surface area contributed by atoms with Crippen molar-refractivity contribution in [3.8, 4) is 0 Å². The van der Waals surface area contributed by atoms with Crippen molar-refractivity contribution in [3.63, 3.8) is 0 Å². The highest BCUT2D eigenvalue weighted by Gasteiger charge is 2.45. The van der Waals surface area contributed by atoms with Gasteiger partial charge in [-0.05, 0) is 37.6 Å². The number of halogens is 1. The summed E-state index contributed by atoms with van der Waals surface area (Å²) in [5.74, 6) is -0.376. The zero-order valence-electron chi connectivity index (χ0n) is 15.5. The second-order valence-electron chi connectivity index (χ2n) is 6.91. The van der Waals surface area contributed by atoms with Gasteiger partial charge in [0.1, 0.15) is 10.6 Å². The number of anilines is 1. The third kappa shape index (κ3) is 2.77. The topological polar surface area (TPSA) is 76.3 Å². The number of amides is 1. The first kappa shape index (κ1) is 18.0. The van der Waals surface area contributed by atoms with E-state index >= 15 is 0 Å². The first-order valence-electron chi connectivity index (χ1n) is 8.90. The molecule has 1 atom stereocenters. The largest absolute Gasteiger partial charge is 0.450 e. The van der Waals surface area contributed by atoms with Crippen LogP contribution in [0.25, 0.3) is 11.0 Å². The molecule has 4 aromatic rings. The Morgan fingerprint density at radius 1 is 1.07 bits per heavy atom. The molecule has 1 amide bonds. The van der Waals surface area contributed by atoms with Gasteiger partial charge in [-0.1, -0.05) is 52.8 Å². The van der Waals surface area contributed by atoms with E-state index in [0.717, 1.165) is 16.1 Å². The zero-order chi connectivity index (χ0) is 20.3. The fourth-order valence-electron chi connectivity index (χ4n) is 3.59. The molecule has 0 saturated heterocycles. The molecule has 0 saturated carbocycles. The van der Waals surface area contributed by atoms with E-state index in [2.05, 4.69) is 10.2 Å². The molecule has 0 radical (unpaired) electrons. The van der Waals surface area contributed by atoms with E-state index in [0.29, 0.717) is 26.7 Å². The Morgan fingerprint density at radius 3 is 2.52 bits per heavy atom. The molecule has 144 valence electrons. The summed E-state index contributed by atoms with van der Waals surface area (Å²) in [4.78, 5) is 28.2. The Kier molecular flexibility index (Phi) is 4.04. The van der Waals surface area contributed by atoms with E-state index in [4.69, 9.17) is 16.0 Å². The SMILES string of the molecule is Cc1ccc([C@@H]2c3c(oc4ccc(Cl)cc4c3=O)C(=O)N2c2nnc(C)s2)cc1. The van der Waals surface area contributed by atoms with Gasteiger partial charge in [-0.2, -0.15) is 0 Å². The number of fused-ring (bicyclic) bond motifs is 2. The molecule has 29 heavy (non-hydrogen) atoms. The number of carbonyl (C=O) groups is 1. The predicted octanol–water partition coefficient (Wildman–Crippen LogP) is 4.66. The smallest absolute Gasteiger partial charge is 0.297 e. The number of rotatable bonds is 2. The van der Waals surface area contributed by atoms with Gasteiger partial charge in [0.2, 0.25) is 10.9 Å². The van der Waals surface area contributed by atoms with Gasteiger partial charge in [0.15, 0.2) is 5.43 Å². The molecule has 1 aliphatic rings. The lowest BCUT2D eigenvalue weighted by Gasteiger charge is -2.22. The molecule has 0 N–H and O–H groups in total. The van der Waals surface area contributed by atoms with Gasteiger partial charge in [-0.25, -0.2) is 0 Å². The van der Waals surface area contributed by atoms with Crippen LogP contribution >= 0.6 is 22.9 Å². The minimum atomic E-state index is -0.648. The molecule has 8 heteroatoms. The monoisotopic (exact) mass is 423 g/mol. The van der Waals surface area contributed by atoms with Gasteiger partial charge in [0, 0.05) is 5.02 Å². The Bertz CT molecular complexity index is 1340. The Morgan fingerprint density at radius 2 is 1.83 bits per heavy atom. The summed E-state index contributed by atoms with van der Waals surface area (Å²) in [5, 5.41) is 10.1. The second kappa shape index (κ2) is 6.50. The molecule has 2 aromatic heterocycles. The van der Waals surface area contributed by atoms with Crippen molar-refractivity contribution in [2.24, 2.45) is 0 Å². The molecule has 0 fully saturated rings. The van der Waals surface area contributed by atoms with Crippen LogP contribution in [0.2, 0.25) is 5.02 Å². The summed E-state index contributed by atoms with van der Waals surface area (Å²) >= 11 is 7.39. The summed E-state index contributed by atoms with van der Waals surface area (Å²) < 4.78 is 5.89. The lowest BCUT2D eigenvalue weighted by Crippen LogP contribution is -2.29. The Hall–Kier alpha value is -3.03. The van der Waals surface area contributed by atoms with Crippen molar-refractivity contribution in [1.82, 2.24) is 10.2 Å². The number of aromatic nitrogens is 2. The zero-order valence-corrected chi connectivity index (χ0v) is 17.0. The molecule has 0 bridgehead atoms. The normalized spacial score (nSPS) is 15.9. The second-order valence-corrected chi connectivity index (χ2v) is 8.50. The first-order chi connectivity index (χ1) is 13.9. The maximum atomic E-state index is 13.4. The molecule has 2 aromatic carbocycles. The highest BCUT2D eigenvalue weighted by Crippen LogP contribution is 2.42. The first-order valence-corrected chi connectivity index (χ1v) is 10.1. The van der Waals surface area contributed by atoms with Crippen LogP contribution in [0.3, 0.4) is 0 Å². The molecule has 0 unspecified atom stereocenters. The third-order valence-electron chi connectivity index (χ3n) is 4.95. The van der Waals surface area contributed by atoms with Crippen LogP contribution in [0.1, 0.15) is 38.3 Å². The average Bonchev–Trinajstić information content (AvgIpc) is 3.25. The molecular formula is C21H14ClN3O3S. The van der Waals surface area contributed by atoms with Crippen molar-refractivity contribution in [2.45, 2.75) is 19.9 Å². The van der Waals surface area contributed by atoms with E-state index in [1.54, 1.807) is 18.2 Å². The van der Waals surface area contributed by atoms with Gasteiger partial charge < -0.3 is 4.42 Å². The number of carbonyl (C=O) groups excluding carboxylic acids is 1. The van der Waals surface area contributed by atoms with Crippen LogP contribution in [-0.2, 0) is 0 Å². The molecular weight excluding hydrogens is 410 g/mol. The fourth-order valence-corrected chi connectivity index (χ4v) is 4.48. The number of aryl methyl sites for hydroxylation is 2. The van der Waals surface area contributed by atoms with Crippen molar-refractivity contribution in [2.75, 3.05) is 4.90 Å². The number of benzene rings is 2. The van der Waals surface area contributed by atoms with Crippen molar-refractivity contribution in [1.29, 1.82) is 0 Å². The summed E-state index contributed by atoms with van der Waals surface area (Å²) in [5.41, 5.74) is 2.22. The van der Waals surface area contributed by atoms with Gasteiger partial charge >= 0.3 is 0 Å². The highest BCUT2D eigenvalue weighted by atomic mass is 35.5. The van der Waals surface area contributed by atoms with Crippen LogP contribution in [0.15, 0.2) is 51.7 Å². The van der Waals surface area contributed by atoms with Crippen LogP contribution in [0.4, 0.5) is 5.13 Å². The van der Waals surface area contributed by atoms with E-state index < -0.39 is 11.9 Å². The highest BCUT2D eigenvalue weighted by molar-refractivity contribution is 7.15. The predicted molar refractivity (Wildman–Crippen MR) is 112 cm³/mol. The van der Waals surface area contributed by atoms with Crippen LogP contribution in [-0.4, -0.2) is 16.1 Å². The molecule has 1 aliphatic heterocycles. The van der Waals surface area contributed by atoms with Crippen LogP contribution in [0, 0.1) is 13.8 Å². The number of nitrogens with zero attached hydrogens (tertiary/aromatic N) is 3. The van der Waals surface area contributed by atoms with E-state index in [9.17, 15) is 9.59 Å². The van der Waals surface area contributed by atoms with E-state index in [-0.39, 0.29) is 11.2 Å². The minimum Gasteiger partial charge on any atom is -0.450 e. The van der Waals surface area contributed by atoms with E-state index in [1.165, 1.54) is 16.2 Å². The van der Waals surface area contributed by atoms with Crippen molar-refractivity contribution in [3.05, 3.63) is 85.2 Å². The van der Waals surface area contributed by atoms with Gasteiger partial charge in [-0.3, -0.25) is 14.5 Å². The average molecular weight is 424 g/mol. The number of hydrogen-bond donors (Lipinski definition) is 0. The lowest BCUT2D eigenvalue weighted by atomic mass is 9.98. The molecule has 6 nitrogen and oxygen atoms in total. The summed E-state index contributed by atoms with van der Waals surface area (Å²) in [6.07, 6.45) is 0. The summed E-state index contributed by atoms with van der Waals surface area (Å²) in [6.45, 7) is 3.79. The third-order valence-corrected chi connectivity index (χ3v) is 6.02. The van der Waals surface area contributed by atoms with E-state index in [1.807, 2.05) is 38.1 Å². The van der Waals surface area contributed by atoms with Crippen molar-refractivity contribution >= 4 is 44.9 Å².